The van der Waals surface area contributed by atoms with Crippen molar-refractivity contribution in [2.75, 3.05) is 26.2 Å². The first-order chi connectivity index (χ1) is 19.9. The fourth-order valence-corrected chi connectivity index (χ4v) is 5.88. The summed E-state index contributed by atoms with van der Waals surface area (Å²) < 4.78 is 5.82. The zero-order valence-corrected chi connectivity index (χ0v) is 22.9. The van der Waals surface area contributed by atoms with Gasteiger partial charge in [-0.15, -0.1) is 0 Å². The summed E-state index contributed by atoms with van der Waals surface area (Å²) in [6.45, 7) is 2.53. The number of likely N-dealkylation sites (tertiary alicyclic amines) is 1. The first kappa shape index (κ1) is 28.1. The maximum Gasteiger partial charge on any atom is 0.407 e. The zero-order chi connectivity index (χ0) is 28.7. The molecule has 2 amide bonds. The molecular weight excluding hydrogens is 518 g/mol. The molecular formula is C33H35N3O5. The van der Waals surface area contributed by atoms with Gasteiger partial charge in [0.15, 0.2) is 0 Å². The molecule has 8 heteroatoms. The predicted octanol–water partition coefficient (Wildman–Crippen LogP) is 4.71. The number of carboxylic acids is 1. The molecule has 3 N–H and O–H groups in total. The van der Waals surface area contributed by atoms with E-state index in [1.807, 2.05) is 42.5 Å². The average molecular weight is 554 g/mol. The highest BCUT2D eigenvalue weighted by Crippen LogP contribution is 2.44. The quantitative estimate of drug-likeness (QED) is 0.314. The van der Waals surface area contributed by atoms with Gasteiger partial charge in [0.2, 0.25) is 5.91 Å². The maximum atomic E-state index is 13.2. The Morgan fingerprint density at radius 1 is 0.902 bits per heavy atom. The van der Waals surface area contributed by atoms with Crippen molar-refractivity contribution in [2.45, 2.75) is 37.3 Å². The molecule has 0 spiro atoms. The van der Waals surface area contributed by atoms with Crippen molar-refractivity contribution in [3.63, 3.8) is 0 Å². The van der Waals surface area contributed by atoms with Crippen LogP contribution in [0.1, 0.15) is 41.9 Å². The van der Waals surface area contributed by atoms with Gasteiger partial charge in [-0.1, -0.05) is 84.9 Å². The van der Waals surface area contributed by atoms with Gasteiger partial charge in [-0.2, -0.15) is 0 Å². The third-order valence-electron chi connectivity index (χ3n) is 7.95. The van der Waals surface area contributed by atoms with Crippen LogP contribution in [0.3, 0.4) is 0 Å². The van der Waals surface area contributed by atoms with Crippen LogP contribution in [-0.2, 0) is 20.9 Å². The van der Waals surface area contributed by atoms with Gasteiger partial charge in [0.1, 0.15) is 6.61 Å². The third-order valence-corrected chi connectivity index (χ3v) is 7.95. The minimum atomic E-state index is -1.07. The molecule has 0 bridgehead atoms. The predicted molar refractivity (Wildman–Crippen MR) is 156 cm³/mol. The molecule has 1 saturated heterocycles. The minimum absolute atomic E-state index is 0.0545. The van der Waals surface area contributed by atoms with Crippen LogP contribution in [0, 0.1) is 0 Å². The second-order valence-electron chi connectivity index (χ2n) is 10.7. The van der Waals surface area contributed by atoms with Crippen molar-refractivity contribution < 1.29 is 24.2 Å². The molecule has 0 atom stereocenters. The number of aliphatic carboxylic acids is 1. The second kappa shape index (κ2) is 12.8. The standard InChI is InChI=1S/C33H35N3O5/c37-30(34-18-8-15-31(38)39)21-33(16-19-36(20-17-33)22-24-9-2-1-3-10-24)35-32(40)41-23-29-27-13-6-4-11-25(27)26-12-5-7-14-28(26)29/h1-15,29H,16-23H2,(H,34,37)(H,35,40)(H,38,39)/b15-8+. The first-order valence-corrected chi connectivity index (χ1v) is 14.0. The number of amides is 2. The smallest absolute Gasteiger partial charge is 0.407 e. The fourth-order valence-electron chi connectivity index (χ4n) is 5.88. The summed E-state index contributed by atoms with van der Waals surface area (Å²) in [6.07, 6.45) is 3.09. The number of nitrogens with zero attached hydrogens (tertiary/aromatic N) is 1. The lowest BCUT2D eigenvalue weighted by Gasteiger charge is -2.41. The van der Waals surface area contributed by atoms with E-state index in [0.717, 1.165) is 34.9 Å². The van der Waals surface area contributed by atoms with Gasteiger partial charge in [-0.25, -0.2) is 9.59 Å². The van der Waals surface area contributed by atoms with E-state index >= 15 is 0 Å². The highest BCUT2D eigenvalue weighted by molar-refractivity contribution is 5.81. The normalized spacial score (nSPS) is 16.1. The number of carbonyl (C=O) groups is 3. The van der Waals surface area contributed by atoms with Crippen LogP contribution in [0.4, 0.5) is 4.79 Å². The Bertz CT molecular complexity index is 1370. The molecule has 212 valence electrons. The number of carboxylic acid groups (broad SMARTS) is 1. The number of hydrogen-bond acceptors (Lipinski definition) is 5. The number of benzene rings is 3. The van der Waals surface area contributed by atoms with E-state index in [2.05, 4.69) is 51.9 Å². The Hall–Kier alpha value is -4.43. The van der Waals surface area contributed by atoms with Gasteiger partial charge in [-0.05, 0) is 40.7 Å². The van der Waals surface area contributed by atoms with Gasteiger partial charge in [0.25, 0.3) is 0 Å². The molecule has 0 saturated carbocycles. The SMILES string of the molecule is O=C(O)/C=C/CNC(=O)CC1(NC(=O)OCC2c3ccccc3-c3ccccc32)CCN(Cc2ccccc2)CC1. The van der Waals surface area contributed by atoms with Crippen LogP contribution < -0.4 is 10.6 Å². The highest BCUT2D eigenvalue weighted by Gasteiger charge is 2.39. The molecule has 0 unspecified atom stereocenters. The molecule has 0 aromatic heterocycles. The summed E-state index contributed by atoms with van der Waals surface area (Å²) in [4.78, 5) is 39.1. The number of fused-ring (bicyclic) bond motifs is 3. The number of carbonyl (C=O) groups excluding carboxylic acids is 2. The van der Waals surface area contributed by atoms with E-state index < -0.39 is 17.6 Å². The molecule has 41 heavy (non-hydrogen) atoms. The van der Waals surface area contributed by atoms with Crippen LogP contribution in [0.25, 0.3) is 11.1 Å². The molecule has 1 fully saturated rings. The lowest BCUT2D eigenvalue weighted by atomic mass is 9.84. The maximum absolute atomic E-state index is 13.2. The number of piperidine rings is 1. The van der Waals surface area contributed by atoms with E-state index in [9.17, 15) is 14.4 Å². The Morgan fingerprint density at radius 3 is 2.15 bits per heavy atom. The lowest BCUT2D eigenvalue weighted by Crippen LogP contribution is -2.57. The van der Waals surface area contributed by atoms with Crippen LogP contribution in [0.2, 0.25) is 0 Å². The summed E-state index contributed by atoms with van der Waals surface area (Å²) in [5.41, 5.74) is 5.04. The monoisotopic (exact) mass is 553 g/mol. The summed E-state index contributed by atoms with van der Waals surface area (Å²) in [6, 6.07) is 26.6. The van der Waals surface area contributed by atoms with Crippen molar-refractivity contribution in [1.82, 2.24) is 15.5 Å². The molecule has 5 rings (SSSR count). The van der Waals surface area contributed by atoms with Crippen LogP contribution in [-0.4, -0.2) is 59.8 Å². The van der Waals surface area contributed by atoms with Crippen LogP contribution in [0.5, 0.6) is 0 Å². The number of nitrogens with one attached hydrogen (secondary N) is 2. The van der Waals surface area contributed by atoms with Gasteiger partial charge in [0, 0.05) is 44.6 Å². The second-order valence-corrected chi connectivity index (χ2v) is 10.7. The topological polar surface area (TPSA) is 108 Å². The summed E-state index contributed by atoms with van der Waals surface area (Å²) in [5, 5.41) is 14.6. The Balaban J connectivity index is 1.24. The van der Waals surface area contributed by atoms with Gasteiger partial charge in [0.05, 0.1) is 5.54 Å². The van der Waals surface area contributed by atoms with Gasteiger partial charge in [-0.3, -0.25) is 9.69 Å². The summed E-state index contributed by atoms with van der Waals surface area (Å²) >= 11 is 0. The number of hydrogen-bond donors (Lipinski definition) is 3. The summed E-state index contributed by atoms with van der Waals surface area (Å²) in [7, 11) is 0. The van der Waals surface area contributed by atoms with Crippen LogP contribution >= 0.6 is 0 Å². The third kappa shape index (κ3) is 7.02. The molecule has 3 aromatic carbocycles. The fraction of sp³-hybridized carbons (Fsp3) is 0.303. The van der Waals surface area contributed by atoms with Crippen LogP contribution in [0.15, 0.2) is 91.0 Å². The van der Waals surface area contributed by atoms with Crippen molar-refractivity contribution in [3.05, 3.63) is 108 Å². The Labute approximate surface area is 240 Å². The lowest BCUT2D eigenvalue weighted by molar-refractivity contribution is -0.131. The summed E-state index contributed by atoms with van der Waals surface area (Å²) in [5.74, 6) is -1.38. The van der Waals surface area contributed by atoms with E-state index in [1.165, 1.54) is 11.6 Å². The highest BCUT2D eigenvalue weighted by atomic mass is 16.5. The molecule has 2 aliphatic rings. The number of rotatable bonds is 10. The number of ether oxygens (including phenoxy) is 1. The molecule has 0 radical (unpaired) electrons. The molecule has 8 nitrogen and oxygen atoms in total. The molecule has 1 heterocycles. The van der Waals surface area contributed by atoms with Gasteiger partial charge >= 0.3 is 12.1 Å². The Morgan fingerprint density at radius 2 is 1.51 bits per heavy atom. The molecule has 1 aliphatic heterocycles. The van der Waals surface area contributed by atoms with Gasteiger partial charge < -0.3 is 20.5 Å². The van der Waals surface area contributed by atoms with E-state index in [4.69, 9.17) is 9.84 Å². The average Bonchev–Trinajstić information content (AvgIpc) is 3.29. The molecule has 3 aromatic rings. The van der Waals surface area contributed by atoms with Crippen molar-refractivity contribution in [1.29, 1.82) is 0 Å². The van der Waals surface area contributed by atoms with E-state index in [0.29, 0.717) is 25.9 Å². The van der Waals surface area contributed by atoms with E-state index in [-0.39, 0.29) is 31.4 Å². The van der Waals surface area contributed by atoms with Crippen molar-refractivity contribution in [3.8, 4) is 11.1 Å². The Kier molecular flexibility index (Phi) is 8.79. The minimum Gasteiger partial charge on any atom is -0.478 e. The molecule has 1 aliphatic carbocycles. The van der Waals surface area contributed by atoms with Crippen molar-refractivity contribution in [2.24, 2.45) is 0 Å². The first-order valence-electron chi connectivity index (χ1n) is 14.0. The van der Waals surface area contributed by atoms with E-state index in [1.54, 1.807) is 0 Å². The van der Waals surface area contributed by atoms with Crippen molar-refractivity contribution >= 4 is 18.0 Å². The zero-order valence-electron chi connectivity index (χ0n) is 22.9. The largest absolute Gasteiger partial charge is 0.478 e. The number of alkyl carbamates (subject to hydrolysis) is 1.